The molecule has 1 heterocycles. The van der Waals surface area contributed by atoms with Gasteiger partial charge in [-0.25, -0.2) is 4.79 Å². The number of carbonyl (C=O) groups excluding carboxylic acids is 2. The molecule has 5 heteroatoms. The lowest BCUT2D eigenvalue weighted by Gasteiger charge is -2.07. The number of rotatable bonds is 1. The predicted octanol–water partition coefficient (Wildman–Crippen LogP) is 1.86. The maximum atomic E-state index is 12.0. The zero-order valence-corrected chi connectivity index (χ0v) is 10.8. The summed E-state index contributed by atoms with van der Waals surface area (Å²) in [7, 11) is 1.52. The minimum Gasteiger partial charge on any atom is -0.322 e. The molecule has 2 fully saturated rings. The number of nitrogens with zero attached hydrogens (tertiary/aromatic N) is 1. The lowest BCUT2D eigenvalue weighted by atomic mass is 10.1. The van der Waals surface area contributed by atoms with Crippen molar-refractivity contribution in [2.24, 2.45) is 0 Å². The molecule has 1 aliphatic heterocycles. The van der Waals surface area contributed by atoms with Gasteiger partial charge in [0.05, 0.1) is 0 Å². The van der Waals surface area contributed by atoms with E-state index in [1.54, 1.807) is 0 Å². The van der Waals surface area contributed by atoms with Crippen LogP contribution in [0.25, 0.3) is 0 Å². The molecule has 2 aliphatic rings. The Morgan fingerprint density at radius 2 is 2.00 bits per heavy atom. The van der Waals surface area contributed by atoms with E-state index in [9.17, 15) is 9.59 Å². The van der Waals surface area contributed by atoms with Crippen LogP contribution >= 0.6 is 15.9 Å². The summed E-state index contributed by atoms with van der Waals surface area (Å²) in [6.07, 6.45) is 0.698. The van der Waals surface area contributed by atoms with Crippen LogP contribution in [0.3, 0.4) is 0 Å². The summed E-state index contributed by atoms with van der Waals surface area (Å²) in [6.45, 7) is 0. The molecule has 1 spiro atoms. The molecule has 1 saturated carbocycles. The molecular weight excluding hydrogens is 284 g/mol. The average Bonchev–Trinajstić information content (AvgIpc) is 2.99. The van der Waals surface area contributed by atoms with Crippen molar-refractivity contribution in [3.63, 3.8) is 0 Å². The van der Waals surface area contributed by atoms with Gasteiger partial charge in [-0.2, -0.15) is 0 Å². The fourth-order valence-corrected chi connectivity index (χ4v) is 2.72. The maximum absolute atomic E-state index is 12.0. The van der Waals surface area contributed by atoms with Crippen molar-refractivity contribution in [3.05, 3.63) is 34.3 Å². The smallest absolute Gasteiger partial charge is 0.322 e. The van der Waals surface area contributed by atoms with Gasteiger partial charge in [0.15, 0.2) is 0 Å². The summed E-state index contributed by atoms with van der Waals surface area (Å²) >= 11 is 3.38. The minimum absolute atomic E-state index is 0.108. The zero-order chi connectivity index (χ0) is 12.2. The third kappa shape index (κ3) is 1.42. The first-order valence-electron chi connectivity index (χ1n) is 5.40. The van der Waals surface area contributed by atoms with Gasteiger partial charge >= 0.3 is 6.03 Å². The summed E-state index contributed by atoms with van der Waals surface area (Å²) in [5.41, 5.74) is 0.428. The molecule has 0 aromatic heterocycles. The molecule has 3 rings (SSSR count). The van der Waals surface area contributed by atoms with Crippen molar-refractivity contribution >= 4 is 27.9 Å². The van der Waals surface area contributed by atoms with Crippen LogP contribution in [0, 0.1) is 0 Å². The maximum Gasteiger partial charge on any atom is 0.324 e. The fourth-order valence-electron chi connectivity index (χ4n) is 2.45. The van der Waals surface area contributed by atoms with Crippen molar-refractivity contribution in [1.82, 2.24) is 10.2 Å². The van der Waals surface area contributed by atoms with Gasteiger partial charge < -0.3 is 5.32 Å². The molecule has 17 heavy (non-hydrogen) atoms. The molecule has 3 amide bonds. The third-order valence-electron chi connectivity index (χ3n) is 3.55. The van der Waals surface area contributed by atoms with Crippen LogP contribution in [-0.2, 0) is 4.79 Å². The van der Waals surface area contributed by atoms with Crippen LogP contribution in [0.4, 0.5) is 4.79 Å². The van der Waals surface area contributed by atoms with Crippen LogP contribution in [-0.4, -0.2) is 29.4 Å². The van der Waals surface area contributed by atoms with E-state index >= 15 is 0 Å². The molecular formula is C12H11BrN2O2. The number of amides is 3. The number of likely N-dealkylation sites (N-methyl/N-ethyl adjacent to an activating group) is 1. The SMILES string of the molecule is CN1C(=O)NC2(CC2c2ccc(Br)cc2)C1=O. The Labute approximate surface area is 107 Å². The first kappa shape index (κ1) is 10.8. The molecule has 4 nitrogen and oxygen atoms in total. The standard InChI is InChI=1S/C12H11BrN2O2/c1-15-10(16)12(14-11(15)17)6-9(12)7-2-4-8(13)5-3-7/h2-5,9H,6H2,1H3,(H,14,17). The topological polar surface area (TPSA) is 49.4 Å². The highest BCUT2D eigenvalue weighted by atomic mass is 79.9. The number of benzene rings is 1. The number of hydrogen-bond acceptors (Lipinski definition) is 2. The van der Waals surface area contributed by atoms with Gasteiger partial charge in [-0.05, 0) is 24.1 Å². The van der Waals surface area contributed by atoms with E-state index in [0.717, 1.165) is 10.0 Å². The number of nitrogens with one attached hydrogen (secondary N) is 1. The molecule has 1 aromatic carbocycles. The van der Waals surface area contributed by atoms with E-state index < -0.39 is 5.54 Å². The predicted molar refractivity (Wildman–Crippen MR) is 65.5 cm³/mol. The normalized spacial score (nSPS) is 30.9. The first-order chi connectivity index (χ1) is 8.04. The number of carbonyl (C=O) groups is 2. The Balaban J connectivity index is 1.89. The number of imide groups is 1. The highest BCUT2D eigenvalue weighted by Crippen LogP contribution is 2.54. The first-order valence-corrected chi connectivity index (χ1v) is 6.20. The molecule has 1 aromatic rings. The minimum atomic E-state index is -0.667. The van der Waals surface area contributed by atoms with E-state index in [1.165, 1.54) is 11.9 Å². The fraction of sp³-hybridized carbons (Fsp3) is 0.333. The van der Waals surface area contributed by atoms with Crippen LogP contribution in [0.1, 0.15) is 17.9 Å². The third-order valence-corrected chi connectivity index (χ3v) is 4.08. The second kappa shape index (κ2) is 3.32. The van der Waals surface area contributed by atoms with Crippen LogP contribution in [0.5, 0.6) is 0 Å². The largest absolute Gasteiger partial charge is 0.324 e. The molecule has 2 unspecified atom stereocenters. The highest BCUT2D eigenvalue weighted by molar-refractivity contribution is 9.10. The summed E-state index contributed by atoms with van der Waals surface area (Å²) in [5.74, 6) is -0.00702. The zero-order valence-electron chi connectivity index (χ0n) is 9.24. The van der Waals surface area contributed by atoms with E-state index in [2.05, 4.69) is 21.2 Å². The second-order valence-electron chi connectivity index (χ2n) is 4.57. The van der Waals surface area contributed by atoms with Gasteiger partial charge in [0.1, 0.15) is 5.54 Å². The Hall–Kier alpha value is -1.36. The Morgan fingerprint density at radius 3 is 2.53 bits per heavy atom. The highest BCUT2D eigenvalue weighted by Gasteiger charge is 2.66. The van der Waals surface area contributed by atoms with Gasteiger partial charge in [0.2, 0.25) is 0 Å². The van der Waals surface area contributed by atoms with E-state index in [0.29, 0.717) is 6.42 Å². The number of urea groups is 1. The molecule has 88 valence electrons. The molecule has 0 bridgehead atoms. The van der Waals surface area contributed by atoms with Gasteiger partial charge in [-0.1, -0.05) is 28.1 Å². The molecule has 2 atom stereocenters. The van der Waals surface area contributed by atoms with Crippen molar-refractivity contribution in [2.75, 3.05) is 7.05 Å². The van der Waals surface area contributed by atoms with Gasteiger partial charge in [-0.3, -0.25) is 9.69 Å². The van der Waals surface area contributed by atoms with Crippen molar-refractivity contribution in [1.29, 1.82) is 0 Å². The molecule has 1 saturated heterocycles. The van der Waals surface area contributed by atoms with Gasteiger partial charge in [-0.15, -0.1) is 0 Å². The second-order valence-corrected chi connectivity index (χ2v) is 5.49. The number of hydrogen-bond donors (Lipinski definition) is 1. The molecule has 1 aliphatic carbocycles. The summed E-state index contributed by atoms with van der Waals surface area (Å²) in [6, 6.07) is 7.58. The van der Waals surface area contributed by atoms with Crippen LogP contribution < -0.4 is 5.32 Å². The summed E-state index contributed by atoms with van der Waals surface area (Å²) in [4.78, 5) is 24.6. The van der Waals surface area contributed by atoms with E-state index in [4.69, 9.17) is 0 Å². The van der Waals surface area contributed by atoms with Gasteiger partial charge in [0, 0.05) is 17.4 Å². The summed E-state index contributed by atoms with van der Waals surface area (Å²) in [5, 5.41) is 2.79. The van der Waals surface area contributed by atoms with Crippen molar-refractivity contribution in [3.8, 4) is 0 Å². The molecule has 0 radical (unpaired) electrons. The monoisotopic (exact) mass is 294 g/mol. The van der Waals surface area contributed by atoms with Crippen molar-refractivity contribution in [2.45, 2.75) is 17.9 Å². The van der Waals surface area contributed by atoms with Gasteiger partial charge in [0.25, 0.3) is 5.91 Å². The molecule has 1 N–H and O–H groups in total. The van der Waals surface area contributed by atoms with Crippen molar-refractivity contribution < 1.29 is 9.59 Å². The Bertz CT molecular complexity index is 514. The average molecular weight is 295 g/mol. The Morgan fingerprint density at radius 1 is 1.35 bits per heavy atom. The van der Waals surface area contributed by atoms with E-state index in [-0.39, 0.29) is 17.9 Å². The van der Waals surface area contributed by atoms with E-state index in [1.807, 2.05) is 24.3 Å². The van der Waals surface area contributed by atoms with Crippen LogP contribution in [0.15, 0.2) is 28.7 Å². The lowest BCUT2D eigenvalue weighted by Crippen LogP contribution is -2.33. The quantitative estimate of drug-likeness (QED) is 0.804. The lowest BCUT2D eigenvalue weighted by molar-refractivity contribution is -0.127. The Kier molecular flexibility index (Phi) is 2.10. The van der Waals surface area contributed by atoms with Crippen LogP contribution in [0.2, 0.25) is 0 Å². The summed E-state index contributed by atoms with van der Waals surface area (Å²) < 4.78 is 1.01. The number of halogens is 1.